The SMILES string of the molecule is CCOc1ccccc1NC(=O)c1ccc(NCCCN(C)C)nc1. The lowest BCUT2D eigenvalue weighted by atomic mass is 10.2. The lowest BCUT2D eigenvalue weighted by Crippen LogP contribution is -2.17. The van der Waals surface area contributed by atoms with Crippen molar-refractivity contribution in [1.29, 1.82) is 0 Å². The van der Waals surface area contributed by atoms with Gasteiger partial charge in [-0.15, -0.1) is 0 Å². The number of rotatable bonds is 9. The Hall–Kier alpha value is -2.60. The van der Waals surface area contributed by atoms with Crippen LogP contribution < -0.4 is 15.4 Å². The standard InChI is InChI=1S/C19H26N4O2/c1-4-25-17-9-6-5-8-16(17)22-19(24)15-10-11-18(21-14-15)20-12-7-13-23(2)3/h5-6,8-11,14H,4,7,12-13H2,1-3H3,(H,20,21)(H,22,24). The van der Waals surface area contributed by atoms with Crippen molar-refractivity contribution in [3.05, 3.63) is 48.2 Å². The number of ether oxygens (including phenoxy) is 1. The molecular formula is C19H26N4O2. The molecular weight excluding hydrogens is 316 g/mol. The summed E-state index contributed by atoms with van der Waals surface area (Å²) in [5.74, 6) is 1.22. The average molecular weight is 342 g/mol. The molecule has 0 aliphatic rings. The Morgan fingerprint density at radius 3 is 2.68 bits per heavy atom. The van der Waals surface area contributed by atoms with E-state index >= 15 is 0 Å². The van der Waals surface area contributed by atoms with E-state index in [1.165, 1.54) is 0 Å². The van der Waals surface area contributed by atoms with Gasteiger partial charge in [-0.1, -0.05) is 12.1 Å². The van der Waals surface area contributed by atoms with Crippen LogP contribution in [0, 0.1) is 0 Å². The molecule has 1 aromatic heterocycles. The quantitative estimate of drug-likeness (QED) is 0.686. The highest BCUT2D eigenvalue weighted by atomic mass is 16.5. The fraction of sp³-hybridized carbons (Fsp3) is 0.368. The number of carbonyl (C=O) groups is 1. The van der Waals surface area contributed by atoms with Gasteiger partial charge in [0, 0.05) is 12.7 Å². The summed E-state index contributed by atoms with van der Waals surface area (Å²) in [6.45, 7) is 4.32. The fourth-order valence-electron chi connectivity index (χ4n) is 2.29. The van der Waals surface area contributed by atoms with Gasteiger partial charge in [-0.05, 0) is 58.3 Å². The van der Waals surface area contributed by atoms with Gasteiger partial charge in [-0.25, -0.2) is 4.98 Å². The highest BCUT2D eigenvalue weighted by molar-refractivity contribution is 6.04. The highest BCUT2D eigenvalue weighted by Gasteiger charge is 2.10. The zero-order valence-electron chi connectivity index (χ0n) is 15.1. The first-order valence-electron chi connectivity index (χ1n) is 8.48. The van der Waals surface area contributed by atoms with Crippen molar-refractivity contribution in [1.82, 2.24) is 9.88 Å². The molecule has 0 aliphatic carbocycles. The van der Waals surface area contributed by atoms with Crippen molar-refractivity contribution in [2.24, 2.45) is 0 Å². The second-order valence-corrected chi connectivity index (χ2v) is 5.90. The van der Waals surface area contributed by atoms with E-state index in [9.17, 15) is 4.79 Å². The van der Waals surface area contributed by atoms with Crippen molar-refractivity contribution in [2.75, 3.05) is 44.4 Å². The molecule has 0 radical (unpaired) electrons. The smallest absolute Gasteiger partial charge is 0.257 e. The van der Waals surface area contributed by atoms with E-state index in [0.29, 0.717) is 23.6 Å². The van der Waals surface area contributed by atoms with Crippen molar-refractivity contribution in [3.63, 3.8) is 0 Å². The number of hydrogen-bond donors (Lipinski definition) is 2. The van der Waals surface area contributed by atoms with Crippen LogP contribution in [-0.4, -0.2) is 49.6 Å². The van der Waals surface area contributed by atoms with Crippen molar-refractivity contribution < 1.29 is 9.53 Å². The second kappa shape index (κ2) is 9.64. The first-order chi connectivity index (χ1) is 12.1. The van der Waals surface area contributed by atoms with Crippen LogP contribution in [0.1, 0.15) is 23.7 Å². The van der Waals surface area contributed by atoms with Crippen LogP contribution in [0.2, 0.25) is 0 Å². The Labute approximate surface area is 149 Å². The molecule has 134 valence electrons. The summed E-state index contributed by atoms with van der Waals surface area (Å²) >= 11 is 0. The van der Waals surface area contributed by atoms with Gasteiger partial charge in [-0.2, -0.15) is 0 Å². The molecule has 0 atom stereocenters. The number of nitrogens with zero attached hydrogens (tertiary/aromatic N) is 2. The van der Waals surface area contributed by atoms with E-state index in [4.69, 9.17) is 4.74 Å². The summed E-state index contributed by atoms with van der Waals surface area (Å²) < 4.78 is 5.52. The largest absolute Gasteiger partial charge is 0.492 e. The molecule has 0 unspecified atom stereocenters. The fourth-order valence-corrected chi connectivity index (χ4v) is 2.29. The summed E-state index contributed by atoms with van der Waals surface area (Å²) in [7, 11) is 4.10. The zero-order chi connectivity index (χ0) is 18.1. The summed E-state index contributed by atoms with van der Waals surface area (Å²) in [5.41, 5.74) is 1.16. The molecule has 0 aliphatic heterocycles. The van der Waals surface area contributed by atoms with Gasteiger partial charge < -0.3 is 20.3 Å². The molecule has 2 N–H and O–H groups in total. The van der Waals surface area contributed by atoms with Gasteiger partial charge >= 0.3 is 0 Å². The highest BCUT2D eigenvalue weighted by Crippen LogP contribution is 2.24. The average Bonchev–Trinajstić information content (AvgIpc) is 2.61. The molecule has 6 heteroatoms. The van der Waals surface area contributed by atoms with Gasteiger partial charge in [0.25, 0.3) is 5.91 Å². The molecule has 1 heterocycles. The maximum absolute atomic E-state index is 12.4. The third kappa shape index (κ3) is 6.08. The van der Waals surface area contributed by atoms with Crippen LogP contribution in [0.25, 0.3) is 0 Å². The van der Waals surface area contributed by atoms with E-state index in [-0.39, 0.29) is 5.91 Å². The molecule has 1 aromatic carbocycles. The Bertz CT molecular complexity index is 671. The van der Waals surface area contributed by atoms with Crippen molar-refractivity contribution in [3.8, 4) is 5.75 Å². The Balaban J connectivity index is 1.92. The van der Waals surface area contributed by atoms with Crippen LogP contribution in [0.4, 0.5) is 11.5 Å². The van der Waals surface area contributed by atoms with Gasteiger partial charge in [-0.3, -0.25) is 4.79 Å². The van der Waals surface area contributed by atoms with Crippen LogP contribution in [0.3, 0.4) is 0 Å². The number of benzene rings is 1. The molecule has 25 heavy (non-hydrogen) atoms. The van der Waals surface area contributed by atoms with E-state index in [2.05, 4.69) is 34.6 Å². The topological polar surface area (TPSA) is 66.5 Å². The van der Waals surface area contributed by atoms with Crippen molar-refractivity contribution >= 4 is 17.4 Å². The number of nitrogens with one attached hydrogen (secondary N) is 2. The third-order valence-corrected chi connectivity index (χ3v) is 3.55. The molecule has 0 saturated heterocycles. The summed E-state index contributed by atoms with van der Waals surface area (Å²) in [6.07, 6.45) is 2.61. The number of anilines is 2. The summed E-state index contributed by atoms with van der Waals surface area (Å²) in [4.78, 5) is 18.8. The van der Waals surface area contributed by atoms with Crippen molar-refractivity contribution in [2.45, 2.75) is 13.3 Å². The lowest BCUT2D eigenvalue weighted by molar-refractivity contribution is 0.102. The minimum atomic E-state index is -0.209. The number of aromatic nitrogens is 1. The number of amides is 1. The van der Waals surface area contributed by atoms with E-state index in [1.54, 1.807) is 12.3 Å². The van der Waals surface area contributed by atoms with Crippen LogP contribution >= 0.6 is 0 Å². The minimum absolute atomic E-state index is 0.209. The summed E-state index contributed by atoms with van der Waals surface area (Å²) in [5, 5.41) is 6.12. The monoisotopic (exact) mass is 342 g/mol. The molecule has 0 fully saturated rings. The predicted octanol–water partition coefficient (Wildman–Crippen LogP) is 3.10. The molecule has 1 amide bonds. The lowest BCUT2D eigenvalue weighted by Gasteiger charge is -2.12. The van der Waals surface area contributed by atoms with Gasteiger partial charge in [0.15, 0.2) is 0 Å². The first kappa shape index (κ1) is 18.7. The second-order valence-electron chi connectivity index (χ2n) is 5.90. The maximum Gasteiger partial charge on any atom is 0.257 e. The van der Waals surface area contributed by atoms with Crippen LogP contribution in [0.5, 0.6) is 5.75 Å². The Morgan fingerprint density at radius 2 is 2.00 bits per heavy atom. The Morgan fingerprint density at radius 1 is 1.20 bits per heavy atom. The Kier molecular flexibility index (Phi) is 7.22. The number of carbonyl (C=O) groups excluding carboxylic acids is 1. The summed E-state index contributed by atoms with van der Waals surface area (Å²) in [6, 6.07) is 11.0. The predicted molar refractivity (Wildman–Crippen MR) is 101 cm³/mol. The van der Waals surface area contributed by atoms with E-state index in [1.807, 2.05) is 37.3 Å². The molecule has 0 saturated carbocycles. The first-order valence-corrected chi connectivity index (χ1v) is 8.48. The van der Waals surface area contributed by atoms with E-state index in [0.717, 1.165) is 25.3 Å². The zero-order valence-corrected chi connectivity index (χ0v) is 15.1. The van der Waals surface area contributed by atoms with Gasteiger partial charge in [0.1, 0.15) is 11.6 Å². The molecule has 0 bridgehead atoms. The van der Waals surface area contributed by atoms with Gasteiger partial charge in [0.05, 0.1) is 17.9 Å². The molecule has 0 spiro atoms. The normalized spacial score (nSPS) is 10.6. The molecule has 6 nitrogen and oxygen atoms in total. The van der Waals surface area contributed by atoms with Crippen LogP contribution in [0.15, 0.2) is 42.6 Å². The maximum atomic E-state index is 12.4. The third-order valence-electron chi connectivity index (χ3n) is 3.55. The van der Waals surface area contributed by atoms with Gasteiger partial charge in [0.2, 0.25) is 0 Å². The van der Waals surface area contributed by atoms with E-state index < -0.39 is 0 Å². The number of pyridine rings is 1. The number of para-hydroxylation sites is 2. The number of hydrogen-bond acceptors (Lipinski definition) is 5. The molecule has 2 aromatic rings. The van der Waals surface area contributed by atoms with Crippen LogP contribution in [-0.2, 0) is 0 Å². The minimum Gasteiger partial charge on any atom is -0.492 e. The molecule has 2 rings (SSSR count).